The fourth-order valence-corrected chi connectivity index (χ4v) is 3.73. The van der Waals surface area contributed by atoms with Gasteiger partial charge in [0.1, 0.15) is 0 Å². The maximum Gasteiger partial charge on any atom is 0.344 e. The van der Waals surface area contributed by atoms with Crippen molar-refractivity contribution in [1.29, 1.82) is 0 Å². The molecule has 0 amide bonds. The van der Waals surface area contributed by atoms with Gasteiger partial charge in [0.2, 0.25) is 0 Å². The molecule has 0 aliphatic carbocycles. The van der Waals surface area contributed by atoms with E-state index in [4.69, 9.17) is 4.74 Å². The lowest BCUT2D eigenvalue weighted by Gasteiger charge is -2.19. The lowest BCUT2D eigenvalue weighted by molar-refractivity contribution is 0.0941. The molecule has 1 fully saturated rings. The third-order valence-corrected chi connectivity index (χ3v) is 5.37. The Morgan fingerprint density at radius 3 is 2.71 bits per heavy atom. The summed E-state index contributed by atoms with van der Waals surface area (Å²) >= 11 is 1.58. The molecule has 1 unspecified atom stereocenters. The summed E-state index contributed by atoms with van der Waals surface area (Å²) in [6.45, 7) is 8.01. The summed E-state index contributed by atoms with van der Waals surface area (Å²) in [5.74, 6) is 0.792. The van der Waals surface area contributed by atoms with Gasteiger partial charge in [0, 0.05) is 12.4 Å². The molecule has 1 atom stereocenters. The molecule has 6 heteroatoms. The minimum Gasteiger partial charge on any atom is -0.376 e. The molecular formula is C18H25N3O2S. The van der Waals surface area contributed by atoms with E-state index < -0.39 is 0 Å². The SMILES string of the molecule is CC(C)(C)c1ccc(CSc2n[nH]c(=O)n2CC2CCCO2)cc1. The first-order valence-corrected chi connectivity index (χ1v) is 9.41. The fourth-order valence-electron chi connectivity index (χ4n) is 2.82. The van der Waals surface area contributed by atoms with Gasteiger partial charge in [-0.3, -0.25) is 4.57 Å². The zero-order chi connectivity index (χ0) is 17.2. The van der Waals surface area contributed by atoms with E-state index in [1.54, 1.807) is 16.3 Å². The van der Waals surface area contributed by atoms with Crippen molar-refractivity contribution in [2.75, 3.05) is 6.61 Å². The molecule has 1 aliphatic heterocycles. The van der Waals surface area contributed by atoms with E-state index in [2.05, 4.69) is 55.2 Å². The molecule has 0 spiro atoms. The van der Waals surface area contributed by atoms with Crippen LogP contribution in [0.3, 0.4) is 0 Å². The fraction of sp³-hybridized carbons (Fsp3) is 0.556. The number of rotatable bonds is 5. The predicted octanol–water partition coefficient (Wildman–Crippen LogP) is 3.34. The quantitative estimate of drug-likeness (QED) is 0.843. The average Bonchev–Trinajstić information content (AvgIpc) is 3.17. The molecule has 1 saturated heterocycles. The van der Waals surface area contributed by atoms with Gasteiger partial charge in [0.05, 0.1) is 12.6 Å². The van der Waals surface area contributed by atoms with Gasteiger partial charge in [-0.2, -0.15) is 0 Å². The number of aromatic nitrogens is 3. The minimum absolute atomic E-state index is 0.130. The standard InChI is InChI=1S/C18H25N3O2S/c1-18(2,3)14-8-6-13(7-9-14)12-24-17-20-19-16(22)21(17)11-15-5-4-10-23-15/h6-9,15H,4-5,10-12H2,1-3H3,(H,19,22). The molecule has 0 bridgehead atoms. The van der Waals surface area contributed by atoms with Gasteiger partial charge in [0.25, 0.3) is 0 Å². The summed E-state index contributed by atoms with van der Waals surface area (Å²) in [6, 6.07) is 8.67. The van der Waals surface area contributed by atoms with E-state index >= 15 is 0 Å². The summed E-state index contributed by atoms with van der Waals surface area (Å²) in [7, 11) is 0. The van der Waals surface area contributed by atoms with E-state index in [9.17, 15) is 4.79 Å². The molecule has 5 nitrogen and oxygen atoms in total. The van der Waals surface area contributed by atoms with Gasteiger partial charge in [-0.15, -0.1) is 5.10 Å². The highest BCUT2D eigenvalue weighted by molar-refractivity contribution is 7.98. The molecule has 2 aromatic rings. The second-order valence-electron chi connectivity index (χ2n) is 7.29. The molecule has 2 heterocycles. The van der Waals surface area contributed by atoms with Crippen molar-refractivity contribution in [3.63, 3.8) is 0 Å². The number of benzene rings is 1. The second-order valence-corrected chi connectivity index (χ2v) is 8.24. The highest BCUT2D eigenvalue weighted by Gasteiger charge is 2.19. The number of hydrogen-bond donors (Lipinski definition) is 1. The van der Waals surface area contributed by atoms with Gasteiger partial charge >= 0.3 is 5.69 Å². The zero-order valence-electron chi connectivity index (χ0n) is 14.5. The highest BCUT2D eigenvalue weighted by Crippen LogP contribution is 2.25. The van der Waals surface area contributed by atoms with E-state index in [0.717, 1.165) is 30.4 Å². The Balaban J connectivity index is 1.65. The molecule has 1 aromatic heterocycles. The first-order valence-electron chi connectivity index (χ1n) is 8.42. The smallest absolute Gasteiger partial charge is 0.344 e. The maximum atomic E-state index is 12.0. The second kappa shape index (κ2) is 7.15. The third-order valence-electron chi connectivity index (χ3n) is 4.32. The Labute approximate surface area is 146 Å². The molecule has 0 radical (unpaired) electrons. The largest absolute Gasteiger partial charge is 0.376 e. The Morgan fingerprint density at radius 1 is 1.33 bits per heavy atom. The van der Waals surface area contributed by atoms with Crippen molar-refractivity contribution < 1.29 is 4.74 Å². The lowest BCUT2D eigenvalue weighted by Crippen LogP contribution is -2.24. The number of thioether (sulfide) groups is 1. The number of hydrogen-bond acceptors (Lipinski definition) is 4. The summed E-state index contributed by atoms with van der Waals surface area (Å²) in [6.07, 6.45) is 2.21. The van der Waals surface area contributed by atoms with Crippen LogP contribution in [0.15, 0.2) is 34.2 Å². The maximum absolute atomic E-state index is 12.0. The molecular weight excluding hydrogens is 322 g/mol. The van der Waals surface area contributed by atoms with Crippen LogP contribution in [-0.4, -0.2) is 27.5 Å². The predicted molar refractivity (Wildman–Crippen MR) is 96.5 cm³/mol. The first kappa shape index (κ1) is 17.3. The van der Waals surface area contributed by atoms with Crippen LogP contribution < -0.4 is 5.69 Å². The molecule has 3 rings (SSSR count). The van der Waals surface area contributed by atoms with Crippen LogP contribution in [0, 0.1) is 0 Å². The van der Waals surface area contributed by atoms with Crippen molar-refractivity contribution in [3.8, 4) is 0 Å². The van der Waals surface area contributed by atoms with Crippen molar-refractivity contribution in [3.05, 3.63) is 45.9 Å². The number of ether oxygens (including phenoxy) is 1. The third kappa shape index (κ3) is 4.11. The van der Waals surface area contributed by atoms with E-state index in [0.29, 0.717) is 6.54 Å². The van der Waals surface area contributed by atoms with Gasteiger partial charge < -0.3 is 4.74 Å². The number of nitrogens with zero attached hydrogens (tertiary/aromatic N) is 2. The van der Waals surface area contributed by atoms with E-state index in [1.165, 1.54) is 11.1 Å². The molecule has 130 valence electrons. The molecule has 24 heavy (non-hydrogen) atoms. The molecule has 1 aromatic carbocycles. The number of H-pyrrole nitrogens is 1. The first-order chi connectivity index (χ1) is 11.4. The number of aromatic amines is 1. The number of nitrogens with one attached hydrogen (secondary N) is 1. The Kier molecular flexibility index (Phi) is 5.15. The van der Waals surface area contributed by atoms with Crippen molar-refractivity contribution in [2.24, 2.45) is 0 Å². The zero-order valence-corrected chi connectivity index (χ0v) is 15.4. The summed E-state index contributed by atoms with van der Waals surface area (Å²) in [5.41, 5.74) is 2.56. The molecule has 0 saturated carbocycles. The summed E-state index contributed by atoms with van der Waals surface area (Å²) in [4.78, 5) is 12.0. The van der Waals surface area contributed by atoms with Gasteiger partial charge in [-0.05, 0) is 29.4 Å². The van der Waals surface area contributed by atoms with Crippen LogP contribution in [0.2, 0.25) is 0 Å². The van der Waals surface area contributed by atoms with Crippen molar-refractivity contribution in [1.82, 2.24) is 14.8 Å². The van der Waals surface area contributed by atoms with Crippen LogP contribution in [0.5, 0.6) is 0 Å². The summed E-state index contributed by atoms with van der Waals surface area (Å²) < 4.78 is 7.33. The average molecular weight is 347 g/mol. The van der Waals surface area contributed by atoms with Gasteiger partial charge in [-0.1, -0.05) is 56.8 Å². The van der Waals surface area contributed by atoms with Crippen molar-refractivity contribution >= 4 is 11.8 Å². The lowest BCUT2D eigenvalue weighted by atomic mass is 9.87. The van der Waals surface area contributed by atoms with Crippen LogP contribution >= 0.6 is 11.8 Å². The molecule has 1 N–H and O–H groups in total. The van der Waals surface area contributed by atoms with E-state index in [-0.39, 0.29) is 17.2 Å². The minimum atomic E-state index is -0.156. The van der Waals surface area contributed by atoms with Crippen LogP contribution in [0.4, 0.5) is 0 Å². The van der Waals surface area contributed by atoms with Crippen LogP contribution in [0.25, 0.3) is 0 Å². The highest BCUT2D eigenvalue weighted by atomic mass is 32.2. The normalized spacial score (nSPS) is 18.2. The van der Waals surface area contributed by atoms with Gasteiger partial charge in [-0.25, -0.2) is 9.89 Å². The Bertz CT molecular complexity index is 722. The van der Waals surface area contributed by atoms with Crippen LogP contribution in [0.1, 0.15) is 44.7 Å². The Hall–Kier alpha value is -1.53. The Morgan fingerprint density at radius 2 is 2.08 bits per heavy atom. The topological polar surface area (TPSA) is 59.9 Å². The van der Waals surface area contributed by atoms with E-state index in [1.807, 2.05) is 0 Å². The monoisotopic (exact) mass is 347 g/mol. The molecule has 1 aliphatic rings. The van der Waals surface area contributed by atoms with Gasteiger partial charge in [0.15, 0.2) is 5.16 Å². The van der Waals surface area contributed by atoms with Crippen molar-refractivity contribution in [2.45, 2.75) is 62.6 Å². The van der Waals surface area contributed by atoms with Crippen LogP contribution in [-0.2, 0) is 22.4 Å². The summed E-state index contributed by atoms with van der Waals surface area (Å²) in [5, 5.41) is 7.45.